The second-order valence-electron chi connectivity index (χ2n) is 5.12. The minimum atomic E-state index is -2.88. The molecule has 1 aliphatic rings. The van der Waals surface area contributed by atoms with Crippen molar-refractivity contribution >= 4 is 9.84 Å². The topological polar surface area (TPSA) is 90.0 Å². The lowest BCUT2D eigenvalue weighted by Gasteiger charge is -2.11. The van der Waals surface area contributed by atoms with E-state index in [2.05, 4.69) is 10.4 Å². The third-order valence-corrected chi connectivity index (χ3v) is 5.40. The van der Waals surface area contributed by atoms with Crippen LogP contribution >= 0.6 is 0 Å². The van der Waals surface area contributed by atoms with Crippen molar-refractivity contribution in [1.29, 1.82) is 0 Å². The maximum atomic E-state index is 11.6. The van der Waals surface area contributed by atoms with Crippen molar-refractivity contribution in [2.45, 2.75) is 32.9 Å². The van der Waals surface area contributed by atoms with Gasteiger partial charge in [0.2, 0.25) is 0 Å². The zero-order valence-corrected chi connectivity index (χ0v) is 12.3. The molecule has 0 aliphatic carbocycles. The van der Waals surface area contributed by atoms with E-state index in [1.54, 1.807) is 0 Å². The van der Waals surface area contributed by atoms with Crippen molar-refractivity contribution in [3.63, 3.8) is 0 Å². The first kappa shape index (κ1) is 14.5. The molecule has 1 aromatic rings. The Morgan fingerprint density at radius 1 is 1.47 bits per heavy atom. The second-order valence-corrected chi connectivity index (χ2v) is 7.34. The fourth-order valence-corrected chi connectivity index (χ4v) is 4.28. The Bertz CT molecular complexity index is 550. The first-order valence-electron chi connectivity index (χ1n) is 6.60. The maximum Gasteiger partial charge on any atom is 0.152 e. The number of hydrogen-bond donors (Lipinski definition) is 2. The van der Waals surface area contributed by atoms with Gasteiger partial charge in [0.1, 0.15) is 0 Å². The van der Waals surface area contributed by atoms with E-state index in [9.17, 15) is 8.42 Å². The van der Waals surface area contributed by atoms with Crippen LogP contribution in [0, 0.1) is 13.8 Å². The standard InChI is InChI=1S/C12H22N4O2S/c1-9-12(7-14-5-4-13)10(2)16(15-9)11-3-6-19(17,18)8-11/h11,14H,3-8,13H2,1-2H3. The van der Waals surface area contributed by atoms with Crippen LogP contribution < -0.4 is 11.1 Å². The molecule has 1 unspecified atom stereocenters. The van der Waals surface area contributed by atoms with Gasteiger partial charge in [-0.25, -0.2) is 8.42 Å². The van der Waals surface area contributed by atoms with Gasteiger partial charge in [0.15, 0.2) is 9.84 Å². The summed E-state index contributed by atoms with van der Waals surface area (Å²) in [6.45, 7) is 6.07. The van der Waals surface area contributed by atoms with Crippen LogP contribution in [0.4, 0.5) is 0 Å². The summed E-state index contributed by atoms with van der Waals surface area (Å²) in [5, 5.41) is 7.77. The quantitative estimate of drug-likeness (QED) is 0.738. The fraction of sp³-hybridized carbons (Fsp3) is 0.750. The molecule has 1 atom stereocenters. The predicted molar refractivity (Wildman–Crippen MR) is 74.8 cm³/mol. The van der Waals surface area contributed by atoms with Crippen LogP contribution in [-0.4, -0.2) is 42.8 Å². The second kappa shape index (κ2) is 5.60. The third-order valence-electron chi connectivity index (χ3n) is 3.65. The maximum absolute atomic E-state index is 11.6. The highest BCUT2D eigenvalue weighted by Crippen LogP contribution is 2.26. The smallest absolute Gasteiger partial charge is 0.152 e. The highest BCUT2D eigenvalue weighted by Gasteiger charge is 2.31. The Balaban J connectivity index is 2.17. The molecule has 19 heavy (non-hydrogen) atoms. The zero-order chi connectivity index (χ0) is 14.0. The SMILES string of the molecule is Cc1nn(C2CCS(=O)(=O)C2)c(C)c1CNCCN. The zero-order valence-electron chi connectivity index (χ0n) is 11.5. The van der Waals surface area contributed by atoms with Crippen LogP contribution in [0.25, 0.3) is 0 Å². The summed E-state index contributed by atoms with van der Waals surface area (Å²) >= 11 is 0. The molecule has 1 saturated heterocycles. The minimum absolute atomic E-state index is 0.00745. The van der Waals surface area contributed by atoms with Gasteiger partial charge in [0.25, 0.3) is 0 Å². The highest BCUT2D eigenvalue weighted by molar-refractivity contribution is 7.91. The molecule has 1 aliphatic heterocycles. The number of aryl methyl sites for hydroxylation is 1. The molecule has 2 rings (SSSR count). The molecule has 0 radical (unpaired) electrons. The van der Waals surface area contributed by atoms with E-state index in [4.69, 9.17) is 5.73 Å². The molecular weight excluding hydrogens is 264 g/mol. The lowest BCUT2D eigenvalue weighted by atomic mass is 10.2. The van der Waals surface area contributed by atoms with E-state index in [1.165, 1.54) is 0 Å². The van der Waals surface area contributed by atoms with Crippen LogP contribution in [0.2, 0.25) is 0 Å². The van der Waals surface area contributed by atoms with Crippen LogP contribution in [0.5, 0.6) is 0 Å². The molecule has 108 valence electrons. The van der Waals surface area contributed by atoms with Gasteiger partial charge in [-0.05, 0) is 20.3 Å². The van der Waals surface area contributed by atoms with Gasteiger partial charge in [-0.1, -0.05) is 0 Å². The number of rotatable bonds is 5. The summed E-state index contributed by atoms with van der Waals surface area (Å²) < 4.78 is 25.0. The average Bonchev–Trinajstić information content (AvgIpc) is 2.83. The Morgan fingerprint density at radius 3 is 2.79 bits per heavy atom. The first-order valence-corrected chi connectivity index (χ1v) is 8.42. The van der Waals surface area contributed by atoms with Crippen molar-refractivity contribution in [3.05, 3.63) is 17.0 Å². The molecule has 6 nitrogen and oxygen atoms in total. The monoisotopic (exact) mass is 286 g/mol. The molecule has 0 spiro atoms. The molecule has 0 bridgehead atoms. The van der Waals surface area contributed by atoms with Gasteiger partial charge in [-0.3, -0.25) is 4.68 Å². The Labute approximate surface area is 114 Å². The summed E-state index contributed by atoms with van der Waals surface area (Å²) in [7, 11) is -2.88. The molecule has 7 heteroatoms. The molecule has 2 heterocycles. The number of nitrogens with two attached hydrogens (primary N) is 1. The summed E-state index contributed by atoms with van der Waals surface area (Å²) in [5.41, 5.74) is 8.63. The van der Waals surface area contributed by atoms with Crippen molar-refractivity contribution in [2.75, 3.05) is 24.6 Å². The molecule has 3 N–H and O–H groups in total. The first-order chi connectivity index (χ1) is 8.94. The van der Waals surface area contributed by atoms with E-state index in [0.717, 1.165) is 30.0 Å². The van der Waals surface area contributed by atoms with Crippen LogP contribution in [0.3, 0.4) is 0 Å². The molecule has 0 amide bonds. The van der Waals surface area contributed by atoms with E-state index in [1.807, 2.05) is 18.5 Å². The molecular formula is C12H22N4O2S. The minimum Gasteiger partial charge on any atom is -0.329 e. The van der Waals surface area contributed by atoms with E-state index >= 15 is 0 Å². The van der Waals surface area contributed by atoms with Crippen molar-refractivity contribution in [3.8, 4) is 0 Å². The third kappa shape index (κ3) is 3.16. The number of nitrogens with zero attached hydrogens (tertiary/aromatic N) is 2. The molecule has 1 fully saturated rings. The Hall–Kier alpha value is -0.920. The van der Waals surface area contributed by atoms with E-state index < -0.39 is 9.84 Å². The van der Waals surface area contributed by atoms with Gasteiger partial charge >= 0.3 is 0 Å². The lowest BCUT2D eigenvalue weighted by molar-refractivity contribution is 0.485. The number of hydrogen-bond acceptors (Lipinski definition) is 5. The van der Waals surface area contributed by atoms with Crippen molar-refractivity contribution in [2.24, 2.45) is 5.73 Å². The molecule has 1 aromatic heterocycles. The van der Waals surface area contributed by atoms with Crippen LogP contribution in [0.15, 0.2) is 0 Å². The van der Waals surface area contributed by atoms with E-state index in [0.29, 0.717) is 13.0 Å². The highest BCUT2D eigenvalue weighted by atomic mass is 32.2. The van der Waals surface area contributed by atoms with Crippen molar-refractivity contribution < 1.29 is 8.42 Å². The Kier molecular flexibility index (Phi) is 4.27. The molecule has 0 saturated carbocycles. The van der Waals surface area contributed by atoms with Gasteiger partial charge < -0.3 is 11.1 Å². The van der Waals surface area contributed by atoms with Crippen LogP contribution in [-0.2, 0) is 16.4 Å². The number of aromatic nitrogens is 2. The van der Waals surface area contributed by atoms with Crippen molar-refractivity contribution in [1.82, 2.24) is 15.1 Å². The van der Waals surface area contributed by atoms with Gasteiger partial charge in [0, 0.05) is 30.9 Å². The summed E-state index contributed by atoms with van der Waals surface area (Å²) in [4.78, 5) is 0. The largest absolute Gasteiger partial charge is 0.329 e. The number of sulfone groups is 1. The lowest BCUT2D eigenvalue weighted by Crippen LogP contribution is -2.22. The Morgan fingerprint density at radius 2 is 2.21 bits per heavy atom. The normalized spacial score (nSPS) is 21.9. The summed E-state index contributed by atoms with van der Waals surface area (Å²) in [6.07, 6.45) is 0.667. The summed E-state index contributed by atoms with van der Waals surface area (Å²) in [5.74, 6) is 0.487. The fourth-order valence-electron chi connectivity index (χ4n) is 2.59. The van der Waals surface area contributed by atoms with Gasteiger partial charge in [0.05, 0.1) is 23.2 Å². The van der Waals surface area contributed by atoms with Gasteiger partial charge in [-0.2, -0.15) is 5.10 Å². The van der Waals surface area contributed by atoms with E-state index in [-0.39, 0.29) is 17.5 Å². The summed E-state index contributed by atoms with van der Waals surface area (Å²) in [6, 6.07) is -0.00745. The average molecular weight is 286 g/mol. The van der Waals surface area contributed by atoms with Gasteiger partial charge in [-0.15, -0.1) is 0 Å². The molecule has 0 aromatic carbocycles. The predicted octanol–water partition coefficient (Wildman–Crippen LogP) is -0.0922. The van der Waals surface area contributed by atoms with Crippen LogP contribution in [0.1, 0.15) is 29.4 Å². The number of nitrogens with one attached hydrogen (secondary N) is 1.